The number of nitrogens with one attached hydrogen (secondary N) is 1. The predicted molar refractivity (Wildman–Crippen MR) is 53.6 cm³/mol. The molecule has 0 radical (unpaired) electrons. The summed E-state index contributed by atoms with van der Waals surface area (Å²) in [5.74, 6) is 1.91. The molecule has 0 saturated heterocycles. The van der Waals surface area contributed by atoms with E-state index in [2.05, 4.69) is 31.1 Å². The van der Waals surface area contributed by atoms with E-state index in [4.69, 9.17) is 0 Å². The van der Waals surface area contributed by atoms with Gasteiger partial charge in [-0.3, -0.25) is 4.99 Å². The number of nitrogens with zero attached hydrogens (tertiary/aromatic N) is 1. The van der Waals surface area contributed by atoms with Crippen LogP contribution in [0.1, 0.15) is 40.0 Å². The highest BCUT2D eigenvalue weighted by Crippen LogP contribution is 2.07. The van der Waals surface area contributed by atoms with E-state index in [1.807, 2.05) is 0 Å². The molecule has 70 valence electrons. The van der Waals surface area contributed by atoms with Crippen LogP contribution in [0.25, 0.3) is 0 Å². The Kier molecular flexibility index (Phi) is 3.57. The van der Waals surface area contributed by atoms with Crippen LogP contribution >= 0.6 is 0 Å². The first-order valence-corrected chi connectivity index (χ1v) is 5.00. The highest BCUT2D eigenvalue weighted by atomic mass is 15.0. The van der Waals surface area contributed by atoms with E-state index in [0.29, 0.717) is 12.0 Å². The summed E-state index contributed by atoms with van der Waals surface area (Å²) in [5, 5.41) is 3.47. The summed E-state index contributed by atoms with van der Waals surface area (Å²) in [5.41, 5.74) is 0. The average Bonchev–Trinajstić information content (AvgIpc) is 2.06. The fraction of sp³-hybridized carbons (Fsp3) is 0.900. The van der Waals surface area contributed by atoms with Gasteiger partial charge in [0.2, 0.25) is 0 Å². The third-order valence-corrected chi connectivity index (χ3v) is 2.52. The van der Waals surface area contributed by atoms with E-state index < -0.39 is 0 Å². The Hall–Kier alpha value is -0.530. The number of rotatable bonds is 2. The number of aliphatic imine (C=N–C) groups is 1. The van der Waals surface area contributed by atoms with E-state index in [1.165, 1.54) is 18.7 Å². The summed E-state index contributed by atoms with van der Waals surface area (Å²) in [6.45, 7) is 7.72. The summed E-state index contributed by atoms with van der Waals surface area (Å²) in [6.07, 6.45) is 3.72. The number of hydrogen-bond acceptors (Lipinski definition) is 2. The SMILES string of the molecule is CC(C)C(C)NC1=NCCCC1. The highest BCUT2D eigenvalue weighted by Gasteiger charge is 2.10. The van der Waals surface area contributed by atoms with Gasteiger partial charge in [-0.15, -0.1) is 0 Å². The average molecular weight is 168 g/mol. The minimum Gasteiger partial charge on any atom is -0.371 e. The summed E-state index contributed by atoms with van der Waals surface area (Å²) >= 11 is 0. The Morgan fingerprint density at radius 3 is 2.50 bits per heavy atom. The summed E-state index contributed by atoms with van der Waals surface area (Å²) in [7, 11) is 0. The molecule has 0 aliphatic carbocycles. The van der Waals surface area contributed by atoms with Gasteiger partial charge in [-0.1, -0.05) is 13.8 Å². The lowest BCUT2D eigenvalue weighted by molar-refractivity contribution is 0.480. The monoisotopic (exact) mass is 168 g/mol. The second-order valence-electron chi connectivity index (χ2n) is 3.96. The Morgan fingerprint density at radius 2 is 2.00 bits per heavy atom. The maximum atomic E-state index is 4.46. The zero-order chi connectivity index (χ0) is 8.97. The molecule has 12 heavy (non-hydrogen) atoms. The van der Waals surface area contributed by atoms with Crippen molar-refractivity contribution in [3.05, 3.63) is 0 Å². The molecule has 1 atom stereocenters. The lowest BCUT2D eigenvalue weighted by atomic mass is 10.1. The largest absolute Gasteiger partial charge is 0.371 e. The quantitative estimate of drug-likeness (QED) is 0.671. The summed E-state index contributed by atoms with van der Waals surface area (Å²) in [6, 6.07) is 0.557. The van der Waals surface area contributed by atoms with Crippen molar-refractivity contribution >= 4 is 5.84 Å². The molecular weight excluding hydrogens is 148 g/mol. The molecule has 0 fully saturated rings. The van der Waals surface area contributed by atoms with E-state index in [0.717, 1.165) is 13.0 Å². The molecule has 0 saturated carbocycles. The van der Waals surface area contributed by atoms with Crippen molar-refractivity contribution < 1.29 is 0 Å². The molecule has 1 heterocycles. The van der Waals surface area contributed by atoms with Crippen molar-refractivity contribution in [3.8, 4) is 0 Å². The molecule has 1 unspecified atom stereocenters. The molecule has 0 bridgehead atoms. The van der Waals surface area contributed by atoms with Crippen molar-refractivity contribution in [1.29, 1.82) is 0 Å². The van der Waals surface area contributed by atoms with Gasteiger partial charge in [0, 0.05) is 19.0 Å². The van der Waals surface area contributed by atoms with Gasteiger partial charge in [-0.05, 0) is 25.7 Å². The lowest BCUT2D eigenvalue weighted by Crippen LogP contribution is -2.37. The summed E-state index contributed by atoms with van der Waals surface area (Å²) in [4.78, 5) is 4.46. The van der Waals surface area contributed by atoms with Crippen LogP contribution < -0.4 is 5.32 Å². The molecule has 1 aliphatic rings. The zero-order valence-corrected chi connectivity index (χ0v) is 8.43. The first kappa shape index (κ1) is 9.56. The molecule has 1 N–H and O–H groups in total. The smallest absolute Gasteiger partial charge is 0.0965 e. The van der Waals surface area contributed by atoms with Gasteiger partial charge < -0.3 is 5.32 Å². The minimum absolute atomic E-state index is 0.557. The van der Waals surface area contributed by atoms with Crippen LogP contribution in [0.15, 0.2) is 4.99 Å². The molecule has 1 aliphatic heterocycles. The third kappa shape index (κ3) is 2.84. The maximum absolute atomic E-state index is 4.46. The van der Waals surface area contributed by atoms with E-state index in [9.17, 15) is 0 Å². The Labute approximate surface area is 75.5 Å². The van der Waals surface area contributed by atoms with Crippen LogP contribution in [-0.2, 0) is 0 Å². The van der Waals surface area contributed by atoms with Gasteiger partial charge in [0.1, 0.15) is 0 Å². The number of amidine groups is 1. The van der Waals surface area contributed by atoms with Crippen LogP contribution in [0.4, 0.5) is 0 Å². The fourth-order valence-corrected chi connectivity index (χ4v) is 1.24. The molecule has 2 nitrogen and oxygen atoms in total. The molecule has 0 aromatic rings. The molecule has 0 amide bonds. The van der Waals surface area contributed by atoms with Crippen LogP contribution in [0.2, 0.25) is 0 Å². The van der Waals surface area contributed by atoms with Crippen LogP contribution in [0.3, 0.4) is 0 Å². The zero-order valence-electron chi connectivity index (χ0n) is 8.43. The van der Waals surface area contributed by atoms with Crippen molar-refractivity contribution in [1.82, 2.24) is 5.32 Å². The maximum Gasteiger partial charge on any atom is 0.0965 e. The first-order chi connectivity index (χ1) is 5.70. The minimum atomic E-state index is 0.557. The van der Waals surface area contributed by atoms with Crippen LogP contribution in [0, 0.1) is 5.92 Å². The predicted octanol–water partition coefficient (Wildman–Crippen LogP) is 2.20. The van der Waals surface area contributed by atoms with E-state index in [1.54, 1.807) is 0 Å². The molecule has 0 aromatic carbocycles. The van der Waals surface area contributed by atoms with Gasteiger partial charge in [0.25, 0.3) is 0 Å². The van der Waals surface area contributed by atoms with Crippen molar-refractivity contribution in [2.45, 2.75) is 46.1 Å². The summed E-state index contributed by atoms with van der Waals surface area (Å²) < 4.78 is 0. The Morgan fingerprint density at radius 1 is 1.25 bits per heavy atom. The topological polar surface area (TPSA) is 24.4 Å². The molecule has 2 heteroatoms. The van der Waals surface area contributed by atoms with E-state index >= 15 is 0 Å². The second kappa shape index (κ2) is 4.48. The third-order valence-electron chi connectivity index (χ3n) is 2.52. The van der Waals surface area contributed by atoms with Crippen molar-refractivity contribution in [3.63, 3.8) is 0 Å². The van der Waals surface area contributed by atoms with Gasteiger partial charge in [0.05, 0.1) is 5.84 Å². The highest BCUT2D eigenvalue weighted by molar-refractivity contribution is 5.82. The second-order valence-corrected chi connectivity index (χ2v) is 3.96. The first-order valence-electron chi connectivity index (χ1n) is 5.00. The Bertz CT molecular complexity index is 161. The molecule has 0 spiro atoms. The van der Waals surface area contributed by atoms with Gasteiger partial charge in [0.15, 0.2) is 0 Å². The van der Waals surface area contributed by atoms with E-state index in [-0.39, 0.29) is 0 Å². The van der Waals surface area contributed by atoms with Crippen molar-refractivity contribution in [2.75, 3.05) is 6.54 Å². The van der Waals surface area contributed by atoms with Crippen LogP contribution in [0.5, 0.6) is 0 Å². The van der Waals surface area contributed by atoms with Crippen LogP contribution in [-0.4, -0.2) is 18.4 Å². The molecule has 1 rings (SSSR count). The van der Waals surface area contributed by atoms with Gasteiger partial charge >= 0.3 is 0 Å². The van der Waals surface area contributed by atoms with Gasteiger partial charge in [-0.2, -0.15) is 0 Å². The Balaban J connectivity index is 2.34. The fourth-order valence-electron chi connectivity index (χ4n) is 1.24. The molecule has 0 aromatic heterocycles. The molecular formula is C10H20N2. The normalized spacial score (nSPS) is 20.5. The lowest BCUT2D eigenvalue weighted by Gasteiger charge is -2.22. The standard InChI is InChI=1S/C10H20N2/c1-8(2)9(3)12-10-6-4-5-7-11-10/h8-9H,4-7H2,1-3H3,(H,11,12). The number of hydrogen-bond donors (Lipinski definition) is 1. The van der Waals surface area contributed by atoms with Crippen molar-refractivity contribution in [2.24, 2.45) is 10.9 Å². The van der Waals surface area contributed by atoms with Gasteiger partial charge in [-0.25, -0.2) is 0 Å².